The van der Waals surface area contributed by atoms with Gasteiger partial charge in [0.15, 0.2) is 0 Å². The third-order valence-corrected chi connectivity index (χ3v) is 3.71. The van der Waals surface area contributed by atoms with Crippen molar-refractivity contribution in [1.82, 2.24) is 10.3 Å². The Bertz CT molecular complexity index is 651. The van der Waals surface area contributed by atoms with Crippen LogP contribution in [-0.4, -0.2) is 28.6 Å². The van der Waals surface area contributed by atoms with Gasteiger partial charge >= 0.3 is 6.09 Å². The van der Waals surface area contributed by atoms with Crippen molar-refractivity contribution in [2.24, 2.45) is 0 Å². The number of hydrogen-bond donors (Lipinski definition) is 3. The van der Waals surface area contributed by atoms with Gasteiger partial charge in [-0.2, -0.15) is 0 Å². The number of carbonyl (C=O) groups excluding carboxylic acids is 1. The van der Waals surface area contributed by atoms with Gasteiger partial charge in [0.1, 0.15) is 5.82 Å². The van der Waals surface area contributed by atoms with Gasteiger partial charge in [0.25, 0.3) is 0 Å². The topological polar surface area (TPSA) is 85.4 Å². The minimum atomic E-state index is -1.01. The van der Waals surface area contributed by atoms with E-state index in [4.69, 9.17) is 5.11 Å². The van der Waals surface area contributed by atoms with E-state index in [9.17, 15) is 9.59 Å². The molecule has 0 atom stereocenters. The molecule has 0 spiro atoms. The highest BCUT2D eigenvalue weighted by molar-refractivity contribution is 5.99. The van der Waals surface area contributed by atoms with Crippen LogP contribution < -0.4 is 10.2 Å². The molecule has 2 amide bonds. The van der Waals surface area contributed by atoms with E-state index < -0.39 is 6.09 Å². The largest absolute Gasteiger partial charge is 0.465 e. The van der Waals surface area contributed by atoms with Crippen molar-refractivity contribution < 1.29 is 14.7 Å². The summed E-state index contributed by atoms with van der Waals surface area (Å²) in [5, 5.41) is 10.8. The molecule has 6 nitrogen and oxygen atoms in total. The van der Waals surface area contributed by atoms with Gasteiger partial charge in [-0.1, -0.05) is 24.1 Å². The molecule has 2 rings (SSSR count). The van der Waals surface area contributed by atoms with Crippen molar-refractivity contribution in [2.75, 3.05) is 11.4 Å². The molecule has 0 aliphatic heterocycles. The maximum Gasteiger partial charge on any atom is 0.404 e. The molecule has 0 saturated heterocycles. The summed E-state index contributed by atoms with van der Waals surface area (Å²) >= 11 is 0. The zero-order chi connectivity index (χ0) is 17.4. The third kappa shape index (κ3) is 5.15. The quantitative estimate of drug-likeness (QED) is 0.644. The molecule has 1 heterocycles. The highest BCUT2D eigenvalue weighted by atomic mass is 16.4. The smallest absolute Gasteiger partial charge is 0.404 e. The summed E-state index contributed by atoms with van der Waals surface area (Å²) in [7, 11) is 0. The summed E-state index contributed by atoms with van der Waals surface area (Å²) in [6.07, 6.45) is 3.46. The monoisotopic (exact) mass is 329 g/mol. The van der Waals surface area contributed by atoms with E-state index in [2.05, 4.69) is 10.3 Å². The molecule has 24 heavy (non-hydrogen) atoms. The Morgan fingerprint density at radius 2 is 1.88 bits per heavy atom. The zero-order valence-corrected chi connectivity index (χ0v) is 13.8. The molecular weight excluding hydrogens is 306 g/mol. The average Bonchev–Trinajstić information content (AvgIpc) is 3.06. The Hall–Kier alpha value is -2.76. The lowest BCUT2D eigenvalue weighted by molar-refractivity contribution is -0.118. The first kappa shape index (κ1) is 17.6. The van der Waals surface area contributed by atoms with Gasteiger partial charge < -0.3 is 15.4 Å². The third-order valence-electron chi connectivity index (χ3n) is 3.71. The van der Waals surface area contributed by atoms with Crippen molar-refractivity contribution in [1.29, 1.82) is 0 Å². The normalized spacial score (nSPS) is 10.4. The number of H-pyrrole nitrogens is 1. The maximum atomic E-state index is 12.7. The van der Waals surface area contributed by atoms with Gasteiger partial charge in [-0.05, 0) is 44.0 Å². The minimum absolute atomic E-state index is 0.0208. The number of aryl methyl sites for hydroxylation is 1. The van der Waals surface area contributed by atoms with Crippen LogP contribution in [0.3, 0.4) is 0 Å². The summed E-state index contributed by atoms with van der Waals surface area (Å²) in [4.78, 5) is 27.8. The van der Waals surface area contributed by atoms with Crippen LogP contribution in [0, 0.1) is 6.92 Å². The number of carbonyl (C=O) groups is 2. The van der Waals surface area contributed by atoms with E-state index >= 15 is 0 Å². The van der Waals surface area contributed by atoms with Gasteiger partial charge in [-0.25, -0.2) is 4.79 Å². The molecule has 0 saturated carbocycles. The number of anilines is 2. The molecule has 0 aliphatic carbocycles. The van der Waals surface area contributed by atoms with Gasteiger partial charge in [0.2, 0.25) is 5.91 Å². The highest BCUT2D eigenvalue weighted by Gasteiger charge is 2.18. The number of aromatic nitrogens is 1. The molecule has 1 aromatic heterocycles. The molecule has 0 aliphatic rings. The summed E-state index contributed by atoms with van der Waals surface area (Å²) in [6.45, 7) is 2.43. The number of aromatic amines is 1. The van der Waals surface area contributed by atoms with E-state index in [1.165, 1.54) is 0 Å². The summed E-state index contributed by atoms with van der Waals surface area (Å²) in [6, 6.07) is 11.6. The SMILES string of the molecule is Cc1ccc(N(C(=O)CCCCCNC(=O)O)c2ccc[nH]2)cc1. The number of benzene rings is 1. The first-order valence-electron chi connectivity index (χ1n) is 8.08. The fourth-order valence-electron chi connectivity index (χ4n) is 2.46. The lowest BCUT2D eigenvalue weighted by atomic mass is 10.1. The van der Waals surface area contributed by atoms with Crippen LogP contribution in [0.1, 0.15) is 31.2 Å². The number of carboxylic acid groups (broad SMARTS) is 1. The van der Waals surface area contributed by atoms with Crippen molar-refractivity contribution in [3.05, 3.63) is 48.2 Å². The second-order valence-corrected chi connectivity index (χ2v) is 5.66. The van der Waals surface area contributed by atoms with Crippen LogP contribution in [-0.2, 0) is 4.79 Å². The predicted octanol–water partition coefficient (Wildman–Crippen LogP) is 3.82. The van der Waals surface area contributed by atoms with Crippen LogP contribution in [0.2, 0.25) is 0 Å². The minimum Gasteiger partial charge on any atom is -0.465 e. The molecular formula is C18H23N3O3. The molecule has 0 fully saturated rings. The van der Waals surface area contributed by atoms with Gasteiger partial charge in [0.05, 0.1) is 5.69 Å². The molecule has 6 heteroatoms. The van der Waals surface area contributed by atoms with Crippen molar-refractivity contribution in [3.8, 4) is 0 Å². The Balaban J connectivity index is 1.94. The van der Waals surface area contributed by atoms with Crippen LogP contribution in [0.25, 0.3) is 0 Å². The van der Waals surface area contributed by atoms with E-state index in [0.29, 0.717) is 13.0 Å². The molecule has 1 aromatic carbocycles. The summed E-state index contributed by atoms with van der Waals surface area (Å²) in [5.41, 5.74) is 1.98. The first-order chi connectivity index (χ1) is 11.6. The number of unbranched alkanes of at least 4 members (excludes halogenated alkanes) is 2. The lowest BCUT2D eigenvalue weighted by Crippen LogP contribution is -2.26. The second kappa shape index (κ2) is 8.76. The fourth-order valence-corrected chi connectivity index (χ4v) is 2.46. The molecule has 128 valence electrons. The number of nitrogens with zero attached hydrogens (tertiary/aromatic N) is 1. The van der Waals surface area contributed by atoms with Crippen LogP contribution >= 0.6 is 0 Å². The predicted molar refractivity (Wildman–Crippen MR) is 93.6 cm³/mol. The number of nitrogens with one attached hydrogen (secondary N) is 2. The Labute approximate surface area is 141 Å². The van der Waals surface area contributed by atoms with Crippen molar-refractivity contribution >= 4 is 23.5 Å². The standard InChI is InChI=1S/C18H23N3O3/c1-14-8-10-15(11-9-14)21(16-6-5-13-19-16)17(22)7-3-2-4-12-20-18(23)24/h5-6,8-11,13,19-20H,2-4,7,12H2,1H3,(H,23,24). The second-order valence-electron chi connectivity index (χ2n) is 5.66. The lowest BCUT2D eigenvalue weighted by Gasteiger charge is -2.21. The maximum absolute atomic E-state index is 12.7. The zero-order valence-electron chi connectivity index (χ0n) is 13.8. The van der Waals surface area contributed by atoms with Crippen molar-refractivity contribution in [3.63, 3.8) is 0 Å². The molecule has 0 bridgehead atoms. The Morgan fingerprint density at radius 3 is 2.50 bits per heavy atom. The Kier molecular flexibility index (Phi) is 6.42. The number of rotatable bonds is 8. The van der Waals surface area contributed by atoms with Crippen LogP contribution in [0.5, 0.6) is 0 Å². The van der Waals surface area contributed by atoms with Crippen LogP contribution in [0.15, 0.2) is 42.6 Å². The van der Waals surface area contributed by atoms with Gasteiger partial charge in [0, 0.05) is 19.2 Å². The highest BCUT2D eigenvalue weighted by Crippen LogP contribution is 2.25. The van der Waals surface area contributed by atoms with E-state index in [-0.39, 0.29) is 5.91 Å². The molecule has 2 aromatic rings. The summed E-state index contributed by atoms with van der Waals surface area (Å²) < 4.78 is 0. The van der Waals surface area contributed by atoms with E-state index in [1.807, 2.05) is 43.3 Å². The average molecular weight is 329 g/mol. The van der Waals surface area contributed by atoms with E-state index in [1.54, 1.807) is 11.1 Å². The van der Waals surface area contributed by atoms with Gasteiger partial charge in [-0.15, -0.1) is 0 Å². The number of hydrogen-bond acceptors (Lipinski definition) is 2. The molecule has 3 N–H and O–H groups in total. The van der Waals surface area contributed by atoms with Crippen LogP contribution in [0.4, 0.5) is 16.3 Å². The summed E-state index contributed by atoms with van der Waals surface area (Å²) in [5.74, 6) is 0.767. The van der Waals surface area contributed by atoms with Crippen molar-refractivity contribution in [2.45, 2.75) is 32.6 Å². The Morgan fingerprint density at radius 1 is 1.12 bits per heavy atom. The fraction of sp³-hybridized carbons (Fsp3) is 0.333. The molecule has 0 radical (unpaired) electrons. The number of amides is 2. The van der Waals surface area contributed by atoms with E-state index in [0.717, 1.165) is 36.3 Å². The first-order valence-corrected chi connectivity index (χ1v) is 8.08. The van der Waals surface area contributed by atoms with Gasteiger partial charge in [-0.3, -0.25) is 9.69 Å². The molecule has 0 unspecified atom stereocenters.